The Morgan fingerprint density at radius 3 is 2.70 bits per heavy atom. The molecule has 27 heavy (non-hydrogen) atoms. The summed E-state index contributed by atoms with van der Waals surface area (Å²) in [7, 11) is -3.52. The van der Waals surface area contributed by atoms with Crippen LogP contribution in [-0.2, 0) is 29.4 Å². The lowest BCUT2D eigenvalue weighted by molar-refractivity contribution is 0.561. The molecule has 8 heteroatoms. The molecule has 3 aromatic rings. The maximum atomic E-state index is 12.6. The normalized spacial score (nSPS) is 14.1. The van der Waals surface area contributed by atoms with Gasteiger partial charge in [0.25, 0.3) is 0 Å². The third kappa shape index (κ3) is 4.06. The van der Waals surface area contributed by atoms with E-state index >= 15 is 0 Å². The van der Waals surface area contributed by atoms with Crippen molar-refractivity contribution in [3.05, 3.63) is 60.2 Å². The second-order valence-electron chi connectivity index (χ2n) is 6.59. The molecule has 4 rings (SSSR count). The van der Waals surface area contributed by atoms with Crippen LogP contribution in [0.5, 0.6) is 0 Å². The number of nitrogens with one attached hydrogen (secondary N) is 1. The lowest BCUT2D eigenvalue weighted by Crippen LogP contribution is -2.27. The van der Waals surface area contributed by atoms with E-state index < -0.39 is 10.0 Å². The zero-order chi connectivity index (χ0) is 18.7. The molecule has 0 radical (unpaired) electrons. The molecular weight excluding hydrogens is 362 g/mol. The molecule has 2 heterocycles. The number of benzene rings is 1. The van der Waals surface area contributed by atoms with Gasteiger partial charge >= 0.3 is 0 Å². The third-order valence-electron chi connectivity index (χ3n) is 4.73. The van der Waals surface area contributed by atoms with E-state index in [1.54, 1.807) is 35.5 Å². The van der Waals surface area contributed by atoms with E-state index in [2.05, 4.69) is 19.8 Å². The lowest BCUT2D eigenvalue weighted by atomic mass is 9.92. The molecule has 1 aromatic carbocycles. The summed E-state index contributed by atoms with van der Waals surface area (Å²) < 4.78 is 29.5. The van der Waals surface area contributed by atoms with Crippen LogP contribution in [0, 0.1) is 0 Å². The maximum Gasteiger partial charge on any atom is 0.240 e. The number of hydrogen-bond donors (Lipinski definition) is 1. The molecule has 1 aliphatic rings. The fraction of sp³-hybridized carbons (Fsp3) is 0.316. The summed E-state index contributed by atoms with van der Waals surface area (Å²) in [5, 5.41) is 4.41. The Kier molecular flexibility index (Phi) is 5.00. The highest BCUT2D eigenvalue weighted by Gasteiger charge is 2.17. The molecule has 1 aliphatic carbocycles. The number of aromatic nitrogens is 4. The molecule has 1 N–H and O–H groups in total. The molecule has 0 saturated carbocycles. The SMILES string of the molecule is O=S(=O)(NCCn1ccc(-c2cnccn2)n1)c1ccc2c(c1)CCCC2. The van der Waals surface area contributed by atoms with Crippen LogP contribution in [0.4, 0.5) is 0 Å². The van der Waals surface area contributed by atoms with Gasteiger partial charge in [0.15, 0.2) is 0 Å². The highest BCUT2D eigenvalue weighted by molar-refractivity contribution is 7.89. The standard InChI is InChI=1S/C19H21N5O2S/c25-27(26,17-6-5-15-3-1-2-4-16(15)13-17)22-10-12-24-11-7-18(23-24)19-14-20-8-9-21-19/h5-9,11,13-14,22H,1-4,10,12H2. The zero-order valence-corrected chi connectivity index (χ0v) is 15.7. The van der Waals surface area contributed by atoms with Crippen molar-refractivity contribution in [2.24, 2.45) is 0 Å². The Morgan fingerprint density at radius 2 is 1.89 bits per heavy atom. The molecule has 0 amide bonds. The second kappa shape index (κ2) is 7.58. The fourth-order valence-corrected chi connectivity index (χ4v) is 4.38. The molecule has 0 bridgehead atoms. The van der Waals surface area contributed by atoms with Gasteiger partial charge in [0.05, 0.1) is 17.6 Å². The first-order chi connectivity index (χ1) is 13.1. The number of sulfonamides is 1. The summed E-state index contributed by atoms with van der Waals surface area (Å²) in [6, 6.07) is 7.30. The number of nitrogens with zero attached hydrogens (tertiary/aromatic N) is 4. The molecule has 0 spiro atoms. The maximum absolute atomic E-state index is 12.6. The predicted molar refractivity (Wildman–Crippen MR) is 102 cm³/mol. The van der Waals surface area contributed by atoms with E-state index in [1.807, 2.05) is 18.2 Å². The van der Waals surface area contributed by atoms with Crippen LogP contribution in [0.25, 0.3) is 11.4 Å². The van der Waals surface area contributed by atoms with Crippen molar-refractivity contribution >= 4 is 10.0 Å². The minimum atomic E-state index is -3.52. The lowest BCUT2D eigenvalue weighted by Gasteiger charge is -2.16. The van der Waals surface area contributed by atoms with E-state index in [0.29, 0.717) is 22.8 Å². The molecule has 0 fully saturated rings. The van der Waals surface area contributed by atoms with E-state index in [1.165, 1.54) is 12.0 Å². The molecule has 7 nitrogen and oxygen atoms in total. The Morgan fingerprint density at radius 1 is 1.04 bits per heavy atom. The summed E-state index contributed by atoms with van der Waals surface area (Å²) in [6.45, 7) is 0.700. The Hall–Kier alpha value is -2.58. The smallest absolute Gasteiger partial charge is 0.240 e. The van der Waals surface area contributed by atoms with Gasteiger partial charge in [-0.05, 0) is 55.0 Å². The van der Waals surface area contributed by atoms with Crippen molar-refractivity contribution < 1.29 is 8.42 Å². The molecule has 140 valence electrons. The van der Waals surface area contributed by atoms with Gasteiger partial charge in [-0.3, -0.25) is 14.6 Å². The van der Waals surface area contributed by atoms with Crippen molar-refractivity contribution in [1.29, 1.82) is 0 Å². The van der Waals surface area contributed by atoms with Crippen LogP contribution in [0.1, 0.15) is 24.0 Å². The third-order valence-corrected chi connectivity index (χ3v) is 6.19. The summed E-state index contributed by atoms with van der Waals surface area (Å²) in [5.74, 6) is 0. The Balaban J connectivity index is 1.39. The van der Waals surface area contributed by atoms with Crippen molar-refractivity contribution in [3.8, 4) is 11.4 Å². The summed E-state index contributed by atoms with van der Waals surface area (Å²) in [6.07, 6.45) is 11.0. The van der Waals surface area contributed by atoms with Crippen molar-refractivity contribution in [2.75, 3.05) is 6.54 Å². The van der Waals surface area contributed by atoms with E-state index in [4.69, 9.17) is 0 Å². The van der Waals surface area contributed by atoms with Crippen LogP contribution in [0.2, 0.25) is 0 Å². The van der Waals surface area contributed by atoms with Crippen LogP contribution in [-0.4, -0.2) is 34.7 Å². The monoisotopic (exact) mass is 383 g/mol. The first-order valence-electron chi connectivity index (χ1n) is 9.03. The Labute approximate surface area is 158 Å². The molecular formula is C19H21N5O2S. The van der Waals surface area contributed by atoms with Crippen LogP contribution in [0.3, 0.4) is 0 Å². The number of aryl methyl sites for hydroxylation is 2. The fourth-order valence-electron chi connectivity index (χ4n) is 3.31. The minimum absolute atomic E-state index is 0.265. The molecule has 0 aliphatic heterocycles. The van der Waals surface area contributed by atoms with Gasteiger partial charge in [-0.1, -0.05) is 6.07 Å². The first kappa shape index (κ1) is 17.8. The van der Waals surface area contributed by atoms with Crippen LogP contribution in [0.15, 0.2) is 53.9 Å². The van der Waals surface area contributed by atoms with E-state index in [-0.39, 0.29) is 6.54 Å². The quantitative estimate of drug-likeness (QED) is 0.705. The van der Waals surface area contributed by atoms with Crippen LogP contribution < -0.4 is 4.72 Å². The molecule has 0 saturated heterocycles. The summed E-state index contributed by atoms with van der Waals surface area (Å²) >= 11 is 0. The molecule has 0 unspecified atom stereocenters. The summed E-state index contributed by atoms with van der Waals surface area (Å²) in [4.78, 5) is 8.57. The van der Waals surface area contributed by atoms with Gasteiger partial charge in [0.1, 0.15) is 11.4 Å². The van der Waals surface area contributed by atoms with Gasteiger partial charge < -0.3 is 0 Å². The van der Waals surface area contributed by atoms with E-state index in [9.17, 15) is 8.42 Å². The van der Waals surface area contributed by atoms with Gasteiger partial charge in [0, 0.05) is 25.1 Å². The summed E-state index contributed by atoms with van der Waals surface area (Å²) in [5.41, 5.74) is 3.82. The highest BCUT2D eigenvalue weighted by Crippen LogP contribution is 2.24. The average molecular weight is 383 g/mol. The predicted octanol–water partition coefficient (Wildman–Crippen LogP) is 2.20. The highest BCUT2D eigenvalue weighted by atomic mass is 32.2. The van der Waals surface area contributed by atoms with Gasteiger partial charge in [-0.2, -0.15) is 5.10 Å². The number of hydrogen-bond acceptors (Lipinski definition) is 5. The van der Waals surface area contributed by atoms with Gasteiger partial charge in [-0.25, -0.2) is 13.1 Å². The van der Waals surface area contributed by atoms with E-state index in [0.717, 1.165) is 24.8 Å². The van der Waals surface area contributed by atoms with Crippen molar-refractivity contribution in [1.82, 2.24) is 24.5 Å². The largest absolute Gasteiger partial charge is 0.271 e. The van der Waals surface area contributed by atoms with Gasteiger partial charge in [-0.15, -0.1) is 0 Å². The number of fused-ring (bicyclic) bond motifs is 1. The Bertz CT molecular complexity index is 1030. The zero-order valence-electron chi connectivity index (χ0n) is 14.9. The topological polar surface area (TPSA) is 89.8 Å². The molecule has 2 aromatic heterocycles. The van der Waals surface area contributed by atoms with Gasteiger partial charge in [0.2, 0.25) is 10.0 Å². The average Bonchev–Trinajstić information content (AvgIpc) is 3.17. The first-order valence-corrected chi connectivity index (χ1v) is 10.5. The minimum Gasteiger partial charge on any atom is -0.271 e. The van der Waals surface area contributed by atoms with Crippen molar-refractivity contribution in [2.45, 2.75) is 37.1 Å². The molecule has 0 atom stereocenters. The number of rotatable bonds is 6. The van der Waals surface area contributed by atoms with Crippen LogP contribution >= 0.6 is 0 Å². The van der Waals surface area contributed by atoms with Crippen molar-refractivity contribution in [3.63, 3.8) is 0 Å². The second-order valence-corrected chi connectivity index (χ2v) is 8.36.